The van der Waals surface area contributed by atoms with E-state index < -0.39 is 5.09 Å². The van der Waals surface area contributed by atoms with Crippen LogP contribution in [0.3, 0.4) is 0 Å². The number of ether oxygens (including phenoxy) is 1. The lowest BCUT2D eigenvalue weighted by Gasteiger charge is -2.48. The molecule has 1 fully saturated rings. The van der Waals surface area contributed by atoms with Gasteiger partial charge in [-0.1, -0.05) is 25.1 Å². The highest BCUT2D eigenvalue weighted by Gasteiger charge is 2.42. The molecule has 202 valence electrons. The number of likely N-dealkylation sites (tertiary alicyclic amines) is 1. The monoisotopic (exact) mass is 511 g/mol. The maximum absolute atomic E-state index is 13.0. The van der Waals surface area contributed by atoms with Crippen LogP contribution in [0, 0.1) is 10.1 Å². The van der Waals surface area contributed by atoms with Gasteiger partial charge in [0.2, 0.25) is 5.91 Å². The summed E-state index contributed by atoms with van der Waals surface area (Å²) in [4.78, 5) is 38.0. The van der Waals surface area contributed by atoms with Crippen LogP contribution in [0.15, 0.2) is 35.1 Å². The molecule has 14 heteroatoms. The number of aromatic nitrogens is 4. The number of tetrazole rings is 1. The number of methoxy groups -OCH3 is 1. The smallest absolute Gasteiger partial charge is 0.363 e. The predicted molar refractivity (Wildman–Crippen MR) is 132 cm³/mol. The fourth-order valence-electron chi connectivity index (χ4n) is 4.30. The molecule has 0 saturated carbocycles. The van der Waals surface area contributed by atoms with E-state index in [2.05, 4.69) is 15.3 Å². The Balaban J connectivity index is 0.00000120. The molecule has 1 saturated heterocycles. The van der Waals surface area contributed by atoms with Gasteiger partial charge >= 0.3 is 5.69 Å². The van der Waals surface area contributed by atoms with Crippen molar-refractivity contribution >= 4 is 11.6 Å². The molecule has 0 radical (unpaired) electrons. The number of benzene rings is 1. The van der Waals surface area contributed by atoms with Crippen LogP contribution in [-0.2, 0) is 16.1 Å². The molecule has 0 bridgehead atoms. The highest BCUT2D eigenvalue weighted by molar-refractivity contribution is 5.94. The second-order valence-corrected chi connectivity index (χ2v) is 8.68. The van der Waals surface area contributed by atoms with E-state index in [1.54, 1.807) is 7.11 Å². The molecule has 2 aromatic rings. The van der Waals surface area contributed by atoms with Gasteiger partial charge in [0.15, 0.2) is 0 Å². The molecule has 1 aliphatic heterocycles. The molecule has 1 aromatic carbocycles. The van der Waals surface area contributed by atoms with Gasteiger partial charge in [-0.2, -0.15) is 9.36 Å². The maximum atomic E-state index is 13.0. The van der Waals surface area contributed by atoms with E-state index in [1.165, 1.54) is 9.36 Å². The average Bonchev–Trinajstić information content (AvgIpc) is 3.20. The second-order valence-electron chi connectivity index (χ2n) is 8.68. The number of piperidine rings is 1. The standard InChI is InChI=1S/C22H34N6O3.HNO3.H2O/c1-5-20(29)27(19-9-7-6-8-10-19)22(17-31-4)11-13-25(14-12-22)15-16-26-21(30)28(18(2)3)24-23-26;2-1(3)4;/h6-10,18H,5,11-17H2,1-4H3;(H,2,3,4);1H2. The molecule has 3 rings (SSSR count). The summed E-state index contributed by atoms with van der Waals surface area (Å²) in [6, 6.07) is 9.85. The summed E-state index contributed by atoms with van der Waals surface area (Å²) < 4.78 is 8.43. The third kappa shape index (κ3) is 7.83. The van der Waals surface area contributed by atoms with Crippen LogP contribution in [0.4, 0.5) is 5.69 Å². The van der Waals surface area contributed by atoms with Crippen molar-refractivity contribution in [3.05, 3.63) is 50.9 Å². The Bertz CT molecular complexity index is 998. The zero-order valence-corrected chi connectivity index (χ0v) is 21.2. The molecule has 0 aliphatic carbocycles. The summed E-state index contributed by atoms with van der Waals surface area (Å²) in [6.45, 7) is 9.06. The van der Waals surface area contributed by atoms with Gasteiger partial charge in [-0.05, 0) is 49.2 Å². The van der Waals surface area contributed by atoms with Gasteiger partial charge in [0.05, 0.1) is 24.7 Å². The lowest BCUT2D eigenvalue weighted by molar-refractivity contribution is -0.742. The number of rotatable bonds is 9. The number of hydrogen-bond acceptors (Lipinski definition) is 8. The first-order chi connectivity index (χ1) is 16.6. The number of hydrogen-bond donors (Lipinski definition) is 1. The Kier molecular flexibility index (Phi) is 12.1. The maximum Gasteiger partial charge on any atom is 0.363 e. The number of para-hydroxylation sites is 1. The van der Waals surface area contributed by atoms with Crippen molar-refractivity contribution in [3.63, 3.8) is 0 Å². The summed E-state index contributed by atoms with van der Waals surface area (Å²) in [5.41, 5.74) is 0.360. The Morgan fingerprint density at radius 1 is 1.22 bits per heavy atom. The molecule has 14 nitrogen and oxygen atoms in total. The fourth-order valence-corrected chi connectivity index (χ4v) is 4.30. The third-order valence-electron chi connectivity index (χ3n) is 6.02. The van der Waals surface area contributed by atoms with Crippen LogP contribution in [0.1, 0.15) is 46.1 Å². The molecule has 0 spiro atoms. The molecule has 3 N–H and O–H groups in total. The minimum Gasteiger partial charge on any atom is -0.412 e. The Hall–Kier alpha value is -3.36. The highest BCUT2D eigenvalue weighted by Crippen LogP contribution is 2.34. The van der Waals surface area contributed by atoms with Crippen molar-refractivity contribution < 1.29 is 25.3 Å². The number of nitrogens with zero attached hydrogens (tertiary/aromatic N) is 7. The predicted octanol–water partition coefficient (Wildman–Crippen LogP) is 0.773. The number of carbonyl (C=O) groups excluding carboxylic acids is 1. The van der Waals surface area contributed by atoms with Crippen LogP contribution in [0.25, 0.3) is 0 Å². The zero-order chi connectivity index (χ0) is 26.0. The van der Waals surface area contributed by atoms with E-state index in [4.69, 9.17) is 20.1 Å². The molecule has 1 aromatic heterocycles. The van der Waals surface area contributed by atoms with Crippen molar-refractivity contribution in [2.24, 2.45) is 0 Å². The first-order valence-electron chi connectivity index (χ1n) is 11.6. The first-order valence-corrected chi connectivity index (χ1v) is 11.6. The average molecular weight is 512 g/mol. The Morgan fingerprint density at radius 3 is 2.28 bits per heavy atom. The summed E-state index contributed by atoms with van der Waals surface area (Å²) in [6.07, 6.45) is 2.04. The van der Waals surface area contributed by atoms with Crippen LogP contribution >= 0.6 is 0 Å². The number of anilines is 1. The lowest BCUT2D eigenvalue weighted by Crippen LogP contribution is -2.60. The van der Waals surface area contributed by atoms with Gasteiger partial charge in [0, 0.05) is 38.9 Å². The third-order valence-corrected chi connectivity index (χ3v) is 6.02. The SMILES string of the molecule is CCC(=O)N(c1ccccc1)C1(COC)CCN(CCn2nnn(C(C)C)c2=O)CC1.O.O=[N+]([O-])O. The van der Waals surface area contributed by atoms with E-state index in [1.807, 2.05) is 56.0 Å². The van der Waals surface area contributed by atoms with Crippen LogP contribution < -0.4 is 10.6 Å². The normalized spacial score (nSPS) is 14.9. The van der Waals surface area contributed by atoms with Gasteiger partial charge in [-0.25, -0.2) is 4.79 Å². The van der Waals surface area contributed by atoms with Gasteiger partial charge in [0.1, 0.15) is 0 Å². The van der Waals surface area contributed by atoms with Crippen molar-refractivity contribution in [1.82, 2.24) is 24.7 Å². The summed E-state index contributed by atoms with van der Waals surface area (Å²) >= 11 is 0. The molecule has 2 heterocycles. The Morgan fingerprint density at radius 2 is 1.81 bits per heavy atom. The molecular formula is C22H37N7O7. The molecule has 1 amide bonds. The quantitative estimate of drug-likeness (QED) is 0.376. The minimum atomic E-state index is -1.50. The van der Waals surface area contributed by atoms with E-state index in [0.717, 1.165) is 31.6 Å². The van der Waals surface area contributed by atoms with Gasteiger partial charge in [0.25, 0.3) is 5.09 Å². The molecule has 0 atom stereocenters. The summed E-state index contributed by atoms with van der Waals surface area (Å²) in [7, 11) is 1.69. The van der Waals surface area contributed by atoms with Crippen molar-refractivity contribution in [2.45, 2.75) is 58.2 Å². The van der Waals surface area contributed by atoms with Crippen molar-refractivity contribution in [3.8, 4) is 0 Å². The number of carbonyl (C=O) groups is 1. The van der Waals surface area contributed by atoms with Crippen LogP contribution in [-0.4, -0.2) is 85.3 Å². The summed E-state index contributed by atoms with van der Waals surface area (Å²) in [5.74, 6) is 0.105. The van der Waals surface area contributed by atoms with Crippen molar-refractivity contribution in [1.29, 1.82) is 0 Å². The van der Waals surface area contributed by atoms with Crippen LogP contribution in [0.5, 0.6) is 0 Å². The van der Waals surface area contributed by atoms with Crippen LogP contribution in [0.2, 0.25) is 0 Å². The molecule has 0 unspecified atom stereocenters. The second kappa shape index (κ2) is 14.3. The number of amides is 1. The Labute approximate surface area is 209 Å². The van der Waals surface area contributed by atoms with Gasteiger partial charge in [-0.3, -0.25) is 4.79 Å². The highest BCUT2D eigenvalue weighted by atomic mass is 16.9. The van der Waals surface area contributed by atoms with Gasteiger partial charge in [-0.15, -0.1) is 10.1 Å². The lowest BCUT2D eigenvalue weighted by atomic mass is 9.85. The van der Waals surface area contributed by atoms with Gasteiger partial charge < -0.3 is 25.2 Å². The molecule has 36 heavy (non-hydrogen) atoms. The topological polar surface area (TPSA) is 180 Å². The summed E-state index contributed by atoms with van der Waals surface area (Å²) in [5, 5.41) is 21.6. The van der Waals surface area contributed by atoms with E-state index in [-0.39, 0.29) is 28.7 Å². The zero-order valence-electron chi connectivity index (χ0n) is 21.2. The van der Waals surface area contributed by atoms with Crippen molar-refractivity contribution in [2.75, 3.05) is 38.3 Å². The van der Waals surface area contributed by atoms with E-state index in [9.17, 15) is 9.59 Å². The van der Waals surface area contributed by atoms with E-state index in [0.29, 0.717) is 26.1 Å². The van der Waals surface area contributed by atoms with E-state index >= 15 is 0 Å². The molecular weight excluding hydrogens is 474 g/mol. The largest absolute Gasteiger partial charge is 0.412 e. The minimum absolute atomic E-state index is 0. The fraction of sp³-hybridized carbons (Fsp3) is 0.636. The molecule has 1 aliphatic rings. The first kappa shape index (κ1) is 30.7.